The number of ether oxygens (including phenoxy) is 1. The molecule has 5 nitrogen and oxygen atoms in total. The second-order valence-corrected chi connectivity index (χ2v) is 4.94. The van der Waals surface area contributed by atoms with Crippen molar-refractivity contribution in [3.63, 3.8) is 0 Å². The Morgan fingerprint density at radius 3 is 3.00 bits per heavy atom. The predicted octanol–water partition coefficient (Wildman–Crippen LogP) is 1.21. The van der Waals surface area contributed by atoms with Crippen molar-refractivity contribution in [1.29, 1.82) is 5.26 Å². The number of benzene rings is 1. The molecule has 106 valence electrons. The number of nitriles is 1. The van der Waals surface area contributed by atoms with Gasteiger partial charge in [0.15, 0.2) is 6.61 Å². The normalized spacial score (nSPS) is 21.2. The van der Waals surface area contributed by atoms with E-state index in [4.69, 9.17) is 10.00 Å². The van der Waals surface area contributed by atoms with Gasteiger partial charge in [-0.05, 0) is 25.0 Å². The monoisotopic (exact) mass is 274 g/mol. The highest BCUT2D eigenvalue weighted by Crippen LogP contribution is 2.25. The fourth-order valence-corrected chi connectivity index (χ4v) is 2.52. The van der Waals surface area contributed by atoms with E-state index in [1.54, 1.807) is 24.3 Å². The molecule has 1 amide bonds. The zero-order valence-electron chi connectivity index (χ0n) is 11.2. The molecule has 1 aliphatic carbocycles. The van der Waals surface area contributed by atoms with E-state index in [9.17, 15) is 9.90 Å². The van der Waals surface area contributed by atoms with Crippen molar-refractivity contribution in [1.82, 2.24) is 5.32 Å². The van der Waals surface area contributed by atoms with Crippen LogP contribution in [0.1, 0.15) is 24.8 Å². The second kappa shape index (κ2) is 6.92. The summed E-state index contributed by atoms with van der Waals surface area (Å²) in [6.45, 7) is -0.0174. The maximum atomic E-state index is 11.8. The van der Waals surface area contributed by atoms with Crippen LogP contribution in [0.3, 0.4) is 0 Å². The Hall–Kier alpha value is -2.06. The summed E-state index contributed by atoms with van der Waals surface area (Å²) in [7, 11) is 0. The zero-order valence-corrected chi connectivity index (χ0v) is 11.2. The standard InChI is InChI=1S/C15H18N2O3/c16-8-11-4-1-2-7-14(11)20-10-15(19)17-13-6-3-5-12(13)9-18/h1-2,4,7,12-13,18H,3,5-6,9-10H2,(H,17,19). The van der Waals surface area contributed by atoms with Crippen LogP contribution in [0.15, 0.2) is 24.3 Å². The predicted molar refractivity (Wildman–Crippen MR) is 73.0 cm³/mol. The average molecular weight is 274 g/mol. The van der Waals surface area contributed by atoms with E-state index >= 15 is 0 Å². The molecule has 1 aliphatic rings. The Kier molecular flexibility index (Phi) is 4.97. The number of para-hydroxylation sites is 1. The first-order valence-electron chi connectivity index (χ1n) is 6.76. The highest BCUT2D eigenvalue weighted by atomic mass is 16.5. The molecule has 0 spiro atoms. The first-order chi connectivity index (χ1) is 9.74. The van der Waals surface area contributed by atoms with Crippen LogP contribution in [0.5, 0.6) is 5.75 Å². The van der Waals surface area contributed by atoms with Gasteiger partial charge in [-0.25, -0.2) is 0 Å². The molecule has 0 bridgehead atoms. The van der Waals surface area contributed by atoms with Gasteiger partial charge in [-0.1, -0.05) is 18.6 Å². The van der Waals surface area contributed by atoms with Gasteiger partial charge >= 0.3 is 0 Å². The minimum atomic E-state index is -0.219. The molecule has 0 aliphatic heterocycles. The molecule has 1 saturated carbocycles. The molecule has 0 aromatic heterocycles. The third-order valence-electron chi connectivity index (χ3n) is 3.61. The fraction of sp³-hybridized carbons (Fsp3) is 0.467. The van der Waals surface area contributed by atoms with Gasteiger partial charge in [-0.2, -0.15) is 5.26 Å². The summed E-state index contributed by atoms with van der Waals surface area (Å²) in [5, 5.41) is 21.0. The number of carbonyl (C=O) groups is 1. The Balaban J connectivity index is 1.85. The van der Waals surface area contributed by atoms with E-state index in [1.165, 1.54) is 0 Å². The Bertz CT molecular complexity index is 510. The SMILES string of the molecule is N#Cc1ccccc1OCC(=O)NC1CCCC1CO. The van der Waals surface area contributed by atoms with Crippen LogP contribution in [-0.2, 0) is 4.79 Å². The van der Waals surface area contributed by atoms with Crippen LogP contribution >= 0.6 is 0 Å². The molecule has 1 fully saturated rings. The first kappa shape index (κ1) is 14.4. The van der Waals surface area contributed by atoms with Gasteiger partial charge in [0, 0.05) is 18.6 Å². The smallest absolute Gasteiger partial charge is 0.258 e. The van der Waals surface area contributed by atoms with Gasteiger partial charge in [0.05, 0.1) is 5.56 Å². The third kappa shape index (κ3) is 3.49. The number of hydrogen-bond acceptors (Lipinski definition) is 4. The lowest BCUT2D eigenvalue weighted by Crippen LogP contribution is -2.41. The Labute approximate surface area is 118 Å². The van der Waals surface area contributed by atoms with Crippen molar-refractivity contribution in [3.8, 4) is 11.8 Å². The van der Waals surface area contributed by atoms with E-state index in [0.29, 0.717) is 11.3 Å². The lowest BCUT2D eigenvalue weighted by atomic mass is 10.1. The topological polar surface area (TPSA) is 82.3 Å². The van der Waals surface area contributed by atoms with Gasteiger partial charge in [0.25, 0.3) is 5.91 Å². The number of nitrogens with one attached hydrogen (secondary N) is 1. The maximum Gasteiger partial charge on any atom is 0.258 e. The number of nitrogens with zero attached hydrogens (tertiary/aromatic N) is 1. The fourth-order valence-electron chi connectivity index (χ4n) is 2.52. The number of hydrogen-bond donors (Lipinski definition) is 2. The quantitative estimate of drug-likeness (QED) is 0.845. The van der Waals surface area contributed by atoms with Crippen LogP contribution in [-0.4, -0.2) is 30.3 Å². The summed E-state index contributed by atoms with van der Waals surface area (Å²) in [5.41, 5.74) is 0.411. The first-order valence-corrected chi connectivity index (χ1v) is 6.76. The molecule has 2 N–H and O–H groups in total. The van der Waals surface area contributed by atoms with Crippen LogP contribution in [0.2, 0.25) is 0 Å². The number of aliphatic hydroxyl groups is 1. The van der Waals surface area contributed by atoms with E-state index in [2.05, 4.69) is 5.32 Å². The Morgan fingerprint density at radius 1 is 1.45 bits per heavy atom. The van der Waals surface area contributed by atoms with E-state index < -0.39 is 0 Å². The molecule has 1 aromatic carbocycles. The molecule has 2 rings (SSSR count). The van der Waals surface area contributed by atoms with E-state index in [-0.39, 0.29) is 31.1 Å². The summed E-state index contributed by atoms with van der Waals surface area (Å²) in [6.07, 6.45) is 2.86. The molecule has 1 aromatic rings. The minimum Gasteiger partial charge on any atom is -0.482 e. The van der Waals surface area contributed by atoms with Crippen LogP contribution in [0, 0.1) is 17.2 Å². The highest BCUT2D eigenvalue weighted by Gasteiger charge is 2.27. The summed E-state index contributed by atoms with van der Waals surface area (Å²) < 4.78 is 5.37. The number of carbonyl (C=O) groups excluding carboxylic acids is 1. The van der Waals surface area contributed by atoms with Crippen LogP contribution < -0.4 is 10.1 Å². The maximum absolute atomic E-state index is 11.8. The van der Waals surface area contributed by atoms with Crippen molar-refractivity contribution in [2.24, 2.45) is 5.92 Å². The highest BCUT2D eigenvalue weighted by molar-refractivity contribution is 5.78. The average Bonchev–Trinajstić information content (AvgIpc) is 2.92. The summed E-state index contributed by atoms with van der Waals surface area (Å²) in [6, 6.07) is 8.86. The van der Waals surface area contributed by atoms with E-state index in [0.717, 1.165) is 19.3 Å². The Morgan fingerprint density at radius 2 is 2.25 bits per heavy atom. The minimum absolute atomic E-state index is 0.0299. The van der Waals surface area contributed by atoms with Gasteiger partial charge in [-0.3, -0.25) is 4.79 Å². The molecule has 0 heterocycles. The molecule has 20 heavy (non-hydrogen) atoms. The lowest BCUT2D eigenvalue weighted by molar-refractivity contribution is -0.124. The van der Waals surface area contributed by atoms with E-state index in [1.807, 2.05) is 6.07 Å². The van der Waals surface area contributed by atoms with Crippen molar-refractivity contribution >= 4 is 5.91 Å². The van der Waals surface area contributed by atoms with Gasteiger partial charge in [0.2, 0.25) is 0 Å². The lowest BCUT2D eigenvalue weighted by Gasteiger charge is -2.19. The second-order valence-electron chi connectivity index (χ2n) is 4.94. The molecule has 2 atom stereocenters. The van der Waals surface area contributed by atoms with Crippen molar-refractivity contribution in [2.45, 2.75) is 25.3 Å². The number of rotatable bonds is 5. The van der Waals surface area contributed by atoms with Gasteiger partial charge in [0.1, 0.15) is 11.8 Å². The van der Waals surface area contributed by atoms with Gasteiger partial charge < -0.3 is 15.2 Å². The van der Waals surface area contributed by atoms with Crippen LogP contribution in [0.4, 0.5) is 0 Å². The number of aliphatic hydroxyl groups excluding tert-OH is 1. The summed E-state index contributed by atoms with van der Waals surface area (Å²) in [5.74, 6) is 0.337. The van der Waals surface area contributed by atoms with Crippen molar-refractivity contribution < 1.29 is 14.6 Å². The van der Waals surface area contributed by atoms with Gasteiger partial charge in [-0.15, -0.1) is 0 Å². The largest absolute Gasteiger partial charge is 0.482 e. The van der Waals surface area contributed by atoms with Crippen molar-refractivity contribution in [3.05, 3.63) is 29.8 Å². The molecule has 5 heteroatoms. The summed E-state index contributed by atoms with van der Waals surface area (Å²) >= 11 is 0. The number of amides is 1. The summed E-state index contributed by atoms with van der Waals surface area (Å²) in [4.78, 5) is 11.8. The molecule has 2 unspecified atom stereocenters. The molecule has 0 saturated heterocycles. The zero-order chi connectivity index (χ0) is 14.4. The molecular formula is C15H18N2O3. The van der Waals surface area contributed by atoms with Crippen LogP contribution in [0.25, 0.3) is 0 Å². The third-order valence-corrected chi connectivity index (χ3v) is 3.61. The van der Waals surface area contributed by atoms with Crippen molar-refractivity contribution in [2.75, 3.05) is 13.2 Å². The molecular weight excluding hydrogens is 256 g/mol. The molecule has 0 radical (unpaired) electrons.